The topological polar surface area (TPSA) is 40.5 Å². The fourth-order valence-electron chi connectivity index (χ4n) is 1.40. The van der Waals surface area contributed by atoms with Gasteiger partial charge in [-0.15, -0.1) is 11.8 Å². The van der Waals surface area contributed by atoms with Crippen LogP contribution in [0, 0.1) is 0 Å². The third kappa shape index (κ3) is 1.49. The summed E-state index contributed by atoms with van der Waals surface area (Å²) in [5.41, 5.74) is 0.880. The molecule has 1 aromatic heterocycles. The summed E-state index contributed by atoms with van der Waals surface area (Å²) in [4.78, 5) is 0.903. The lowest BCUT2D eigenvalue weighted by atomic mass is 10.2. The highest BCUT2D eigenvalue weighted by Crippen LogP contribution is 2.42. The molecule has 0 bridgehead atoms. The second-order valence-electron chi connectivity index (χ2n) is 2.93. The third-order valence-corrected chi connectivity index (χ3v) is 4.00. The van der Waals surface area contributed by atoms with Crippen LogP contribution in [0.5, 0.6) is 5.06 Å². The zero-order valence-corrected chi connectivity index (χ0v) is 9.28. The molecular weight excluding hydrogens is 216 g/mol. The Hall–Kier alpha value is -0.710. The average molecular weight is 226 g/mol. The van der Waals surface area contributed by atoms with E-state index < -0.39 is 0 Å². The van der Waals surface area contributed by atoms with E-state index in [0.29, 0.717) is 5.06 Å². The van der Waals surface area contributed by atoms with E-state index in [2.05, 4.69) is 0 Å². The Balaban J connectivity index is 2.71. The van der Waals surface area contributed by atoms with E-state index in [1.54, 1.807) is 0 Å². The SMILES string of the molecule is CSc1c(O)sc2ccc(CO)cc12. The summed E-state index contributed by atoms with van der Waals surface area (Å²) in [5.74, 6) is 0. The van der Waals surface area contributed by atoms with E-state index in [-0.39, 0.29) is 6.61 Å². The number of hydrogen-bond donors (Lipinski definition) is 2. The molecule has 2 N–H and O–H groups in total. The fourth-order valence-corrected chi connectivity index (χ4v) is 3.23. The Bertz CT molecular complexity index is 462. The van der Waals surface area contributed by atoms with Crippen molar-refractivity contribution >= 4 is 33.2 Å². The molecule has 0 aliphatic carbocycles. The van der Waals surface area contributed by atoms with Crippen LogP contribution in [-0.4, -0.2) is 16.5 Å². The summed E-state index contributed by atoms with van der Waals surface area (Å²) in [6, 6.07) is 5.74. The van der Waals surface area contributed by atoms with Crippen molar-refractivity contribution in [3.63, 3.8) is 0 Å². The normalized spacial score (nSPS) is 11.0. The third-order valence-electron chi connectivity index (χ3n) is 2.08. The van der Waals surface area contributed by atoms with E-state index >= 15 is 0 Å². The highest BCUT2D eigenvalue weighted by Gasteiger charge is 2.10. The van der Waals surface area contributed by atoms with Gasteiger partial charge in [-0.05, 0) is 24.0 Å². The molecule has 0 spiro atoms. The molecule has 0 unspecified atom stereocenters. The number of aliphatic hydroxyl groups is 1. The van der Waals surface area contributed by atoms with Gasteiger partial charge in [0.15, 0.2) is 5.06 Å². The van der Waals surface area contributed by atoms with Gasteiger partial charge in [-0.25, -0.2) is 0 Å². The van der Waals surface area contributed by atoms with Crippen LogP contribution in [0.15, 0.2) is 23.1 Å². The number of benzene rings is 1. The second kappa shape index (κ2) is 3.81. The van der Waals surface area contributed by atoms with Gasteiger partial charge in [-0.2, -0.15) is 0 Å². The lowest BCUT2D eigenvalue weighted by Crippen LogP contribution is -1.80. The maximum atomic E-state index is 9.63. The molecule has 0 amide bonds. The van der Waals surface area contributed by atoms with Crippen molar-refractivity contribution in [2.75, 3.05) is 6.26 Å². The Morgan fingerprint density at radius 2 is 2.21 bits per heavy atom. The predicted octanol–water partition coefficient (Wildman–Crippen LogP) is 2.82. The molecule has 14 heavy (non-hydrogen) atoms. The van der Waals surface area contributed by atoms with Gasteiger partial charge in [0.25, 0.3) is 0 Å². The highest BCUT2D eigenvalue weighted by molar-refractivity contribution is 7.99. The summed E-state index contributed by atoms with van der Waals surface area (Å²) in [6.07, 6.45) is 1.94. The summed E-state index contributed by atoms with van der Waals surface area (Å²) in [7, 11) is 0. The maximum Gasteiger partial charge on any atom is 0.186 e. The van der Waals surface area contributed by atoms with Gasteiger partial charge in [-0.3, -0.25) is 0 Å². The van der Waals surface area contributed by atoms with Crippen LogP contribution in [0.4, 0.5) is 0 Å². The van der Waals surface area contributed by atoms with E-state index in [4.69, 9.17) is 5.11 Å². The van der Waals surface area contributed by atoms with Crippen LogP contribution in [0.2, 0.25) is 0 Å². The van der Waals surface area contributed by atoms with Crippen molar-refractivity contribution in [3.05, 3.63) is 23.8 Å². The summed E-state index contributed by atoms with van der Waals surface area (Å²) < 4.78 is 1.06. The number of aromatic hydroxyl groups is 1. The van der Waals surface area contributed by atoms with Gasteiger partial charge in [0.2, 0.25) is 0 Å². The molecule has 4 heteroatoms. The minimum Gasteiger partial charge on any atom is -0.499 e. The van der Waals surface area contributed by atoms with Crippen LogP contribution in [-0.2, 0) is 6.61 Å². The Labute approximate surface area is 90.2 Å². The molecule has 2 rings (SSSR count). The van der Waals surface area contributed by atoms with Gasteiger partial charge < -0.3 is 10.2 Å². The summed E-state index contributed by atoms with van der Waals surface area (Å²) >= 11 is 2.91. The lowest BCUT2D eigenvalue weighted by Gasteiger charge is -1.97. The number of thioether (sulfide) groups is 1. The predicted molar refractivity (Wildman–Crippen MR) is 61.2 cm³/mol. The van der Waals surface area contributed by atoms with Crippen LogP contribution in [0.1, 0.15) is 5.56 Å². The molecule has 0 aliphatic heterocycles. The average Bonchev–Trinajstić information content (AvgIpc) is 2.52. The number of aliphatic hydroxyl groups excluding tert-OH is 1. The number of hydrogen-bond acceptors (Lipinski definition) is 4. The van der Waals surface area contributed by atoms with Crippen molar-refractivity contribution in [2.24, 2.45) is 0 Å². The molecule has 1 heterocycles. The standard InChI is InChI=1S/C10H10O2S2/c1-13-9-7-4-6(5-11)2-3-8(7)14-10(9)12/h2-4,11-12H,5H2,1H3. The van der Waals surface area contributed by atoms with Crippen LogP contribution in [0.3, 0.4) is 0 Å². The van der Waals surface area contributed by atoms with Crippen LogP contribution < -0.4 is 0 Å². The minimum absolute atomic E-state index is 0.0420. The largest absolute Gasteiger partial charge is 0.499 e. The van der Waals surface area contributed by atoms with Crippen molar-refractivity contribution < 1.29 is 10.2 Å². The molecular formula is C10H10O2S2. The minimum atomic E-state index is 0.0420. The van der Waals surface area contributed by atoms with E-state index in [1.807, 2.05) is 24.5 Å². The highest BCUT2D eigenvalue weighted by atomic mass is 32.2. The first kappa shape index (κ1) is 9.83. The molecule has 2 nitrogen and oxygen atoms in total. The molecule has 0 atom stereocenters. The monoisotopic (exact) mass is 226 g/mol. The number of rotatable bonds is 2. The quantitative estimate of drug-likeness (QED) is 0.774. The molecule has 0 saturated heterocycles. The van der Waals surface area contributed by atoms with Gasteiger partial charge >= 0.3 is 0 Å². The second-order valence-corrected chi connectivity index (χ2v) is 4.78. The number of fused-ring (bicyclic) bond motifs is 1. The van der Waals surface area contributed by atoms with Crippen LogP contribution in [0.25, 0.3) is 10.1 Å². The first-order valence-electron chi connectivity index (χ1n) is 4.15. The Kier molecular flexibility index (Phi) is 2.67. The van der Waals surface area contributed by atoms with Crippen molar-refractivity contribution in [3.8, 4) is 5.06 Å². The van der Waals surface area contributed by atoms with Crippen molar-refractivity contribution in [1.82, 2.24) is 0 Å². The molecule has 2 aromatic rings. The van der Waals surface area contributed by atoms with Gasteiger partial charge in [0, 0.05) is 10.1 Å². The molecule has 1 aromatic carbocycles. The van der Waals surface area contributed by atoms with Crippen molar-refractivity contribution in [2.45, 2.75) is 11.5 Å². The Morgan fingerprint density at radius 3 is 2.86 bits per heavy atom. The zero-order chi connectivity index (χ0) is 10.1. The van der Waals surface area contributed by atoms with Crippen molar-refractivity contribution in [1.29, 1.82) is 0 Å². The molecule has 0 fully saturated rings. The molecule has 0 aliphatic rings. The first-order valence-corrected chi connectivity index (χ1v) is 6.19. The first-order chi connectivity index (χ1) is 6.76. The van der Waals surface area contributed by atoms with E-state index in [0.717, 1.165) is 20.5 Å². The molecule has 0 radical (unpaired) electrons. The van der Waals surface area contributed by atoms with Crippen LogP contribution >= 0.6 is 23.1 Å². The number of thiophene rings is 1. The van der Waals surface area contributed by atoms with E-state index in [9.17, 15) is 5.11 Å². The maximum absolute atomic E-state index is 9.63. The molecule has 74 valence electrons. The van der Waals surface area contributed by atoms with E-state index in [1.165, 1.54) is 23.1 Å². The lowest BCUT2D eigenvalue weighted by molar-refractivity contribution is 0.282. The smallest absolute Gasteiger partial charge is 0.186 e. The molecule has 0 saturated carbocycles. The van der Waals surface area contributed by atoms with Gasteiger partial charge in [-0.1, -0.05) is 17.4 Å². The van der Waals surface area contributed by atoms with Gasteiger partial charge in [0.05, 0.1) is 11.5 Å². The summed E-state index contributed by atoms with van der Waals surface area (Å²) in [6.45, 7) is 0.0420. The fraction of sp³-hybridized carbons (Fsp3) is 0.200. The zero-order valence-electron chi connectivity index (χ0n) is 7.65. The Morgan fingerprint density at radius 1 is 1.43 bits per heavy atom. The summed E-state index contributed by atoms with van der Waals surface area (Å²) in [5, 5.41) is 20.0. The van der Waals surface area contributed by atoms with Gasteiger partial charge in [0.1, 0.15) is 0 Å².